The Morgan fingerprint density at radius 3 is 2.68 bits per heavy atom. The van der Waals surface area contributed by atoms with Gasteiger partial charge >= 0.3 is 0 Å². The van der Waals surface area contributed by atoms with Crippen LogP contribution in [0.15, 0.2) is 18.3 Å². The first kappa shape index (κ1) is 20.4. The maximum Gasteiger partial charge on any atom is 0.138 e. The van der Waals surface area contributed by atoms with Gasteiger partial charge in [0, 0.05) is 54.8 Å². The molecular weight excluding hydrogens is 388 g/mol. The van der Waals surface area contributed by atoms with Gasteiger partial charge in [-0.1, -0.05) is 0 Å². The van der Waals surface area contributed by atoms with Gasteiger partial charge in [-0.05, 0) is 57.6 Å². The summed E-state index contributed by atoms with van der Waals surface area (Å²) in [5, 5.41) is 17.4. The summed E-state index contributed by atoms with van der Waals surface area (Å²) in [6, 6.07) is 8.50. The molecular formula is C23H32N8. The van der Waals surface area contributed by atoms with E-state index in [1.54, 1.807) is 0 Å². The van der Waals surface area contributed by atoms with E-state index in [-0.39, 0.29) is 6.17 Å². The lowest BCUT2D eigenvalue weighted by Gasteiger charge is -2.39. The number of anilines is 2. The zero-order valence-corrected chi connectivity index (χ0v) is 18.4. The summed E-state index contributed by atoms with van der Waals surface area (Å²) in [7, 11) is 0. The molecule has 0 spiro atoms. The fraction of sp³-hybridized carbons (Fsp3) is 0.609. The molecule has 5 atom stereocenters. The third-order valence-corrected chi connectivity index (χ3v) is 6.94. The van der Waals surface area contributed by atoms with Crippen molar-refractivity contribution in [2.24, 2.45) is 0 Å². The Morgan fingerprint density at radius 2 is 1.97 bits per heavy atom. The van der Waals surface area contributed by atoms with Crippen molar-refractivity contribution in [1.29, 1.82) is 5.26 Å². The quantitative estimate of drug-likeness (QED) is 0.566. The lowest BCUT2D eigenvalue weighted by Crippen LogP contribution is -2.47. The molecule has 3 aliphatic heterocycles. The summed E-state index contributed by atoms with van der Waals surface area (Å²) < 4.78 is 0. The van der Waals surface area contributed by atoms with Crippen LogP contribution < -0.4 is 21.5 Å². The summed E-state index contributed by atoms with van der Waals surface area (Å²) in [5.41, 5.74) is 8.63. The normalized spacial score (nSPS) is 30.4. The van der Waals surface area contributed by atoms with E-state index in [1.807, 2.05) is 12.3 Å². The molecule has 5 rings (SSSR count). The Labute approximate surface area is 183 Å². The second-order valence-electron chi connectivity index (χ2n) is 9.40. The lowest BCUT2D eigenvalue weighted by atomic mass is 9.97. The fourth-order valence-electron chi connectivity index (χ4n) is 5.53. The summed E-state index contributed by atoms with van der Waals surface area (Å²) in [6.07, 6.45) is 8.37. The van der Waals surface area contributed by atoms with Crippen LogP contribution in [0.5, 0.6) is 0 Å². The van der Waals surface area contributed by atoms with E-state index >= 15 is 0 Å². The maximum absolute atomic E-state index is 8.98. The van der Waals surface area contributed by atoms with Crippen molar-refractivity contribution < 1.29 is 0 Å². The molecule has 2 aromatic heterocycles. The van der Waals surface area contributed by atoms with Crippen LogP contribution in [0.25, 0.3) is 10.9 Å². The van der Waals surface area contributed by atoms with Gasteiger partial charge in [0.1, 0.15) is 11.6 Å². The van der Waals surface area contributed by atoms with Crippen LogP contribution in [0.4, 0.5) is 11.6 Å². The zero-order chi connectivity index (χ0) is 21.4. The van der Waals surface area contributed by atoms with Crippen LogP contribution in [-0.4, -0.2) is 51.7 Å². The minimum atomic E-state index is 0.150. The zero-order valence-electron chi connectivity index (χ0n) is 18.4. The minimum Gasteiger partial charge on any atom is -0.367 e. The van der Waals surface area contributed by atoms with E-state index < -0.39 is 0 Å². The third kappa shape index (κ3) is 4.31. The van der Waals surface area contributed by atoms with Crippen LogP contribution in [0.3, 0.4) is 0 Å². The number of nitrogens with one attached hydrogen (secondary N) is 4. The number of rotatable bonds is 6. The Morgan fingerprint density at radius 1 is 1.16 bits per heavy atom. The molecule has 0 saturated carbocycles. The van der Waals surface area contributed by atoms with Crippen molar-refractivity contribution in [1.82, 2.24) is 25.7 Å². The Balaban J connectivity index is 1.37. The van der Waals surface area contributed by atoms with Crippen molar-refractivity contribution in [2.45, 2.75) is 82.7 Å². The lowest BCUT2D eigenvalue weighted by molar-refractivity contribution is 0.136. The minimum absolute atomic E-state index is 0.150. The standard InChI is InChI=1S/C23H32N8/c1-14-8-19-20(25-13-14)12-21(27-22-9-15(2)29-30-22)28-23(19)26-16-10-17-4-5-18(11-16)31(17)7-3-6-24/h8,12-13,15-18,22,29-30H,3-5,7,9-11H2,1-2H3,(H2,26,27,28)/t15?,16?,17-,18+,22?. The van der Waals surface area contributed by atoms with Crippen LogP contribution in [0.1, 0.15) is 51.0 Å². The van der Waals surface area contributed by atoms with Crippen LogP contribution >= 0.6 is 0 Å². The summed E-state index contributed by atoms with van der Waals surface area (Å²) in [6.45, 7) is 5.14. The molecule has 164 valence electrons. The number of hydrogen-bond donors (Lipinski definition) is 4. The Hall–Kier alpha value is -2.47. The molecule has 3 aliphatic rings. The van der Waals surface area contributed by atoms with Crippen molar-refractivity contribution in [3.05, 3.63) is 23.9 Å². The molecule has 0 amide bonds. The average molecular weight is 421 g/mol. The summed E-state index contributed by atoms with van der Waals surface area (Å²) in [5.74, 6) is 1.76. The number of nitriles is 1. The Kier molecular flexibility index (Phi) is 5.65. The van der Waals surface area contributed by atoms with E-state index in [1.165, 1.54) is 12.8 Å². The van der Waals surface area contributed by atoms with Gasteiger partial charge in [0.25, 0.3) is 0 Å². The number of fused-ring (bicyclic) bond motifs is 3. The van der Waals surface area contributed by atoms with Gasteiger partial charge in [-0.3, -0.25) is 15.3 Å². The molecule has 3 fully saturated rings. The van der Waals surface area contributed by atoms with Crippen LogP contribution in [-0.2, 0) is 0 Å². The van der Waals surface area contributed by atoms with E-state index in [0.29, 0.717) is 30.6 Å². The number of aryl methyl sites for hydroxylation is 1. The van der Waals surface area contributed by atoms with Gasteiger partial charge in [-0.25, -0.2) is 10.4 Å². The largest absolute Gasteiger partial charge is 0.367 e. The molecule has 0 aliphatic carbocycles. The second-order valence-corrected chi connectivity index (χ2v) is 9.40. The monoisotopic (exact) mass is 420 g/mol. The maximum atomic E-state index is 8.98. The van der Waals surface area contributed by atoms with E-state index in [2.05, 4.69) is 57.4 Å². The van der Waals surface area contributed by atoms with Crippen molar-refractivity contribution in [3.63, 3.8) is 0 Å². The third-order valence-electron chi connectivity index (χ3n) is 6.94. The molecule has 5 heterocycles. The highest BCUT2D eigenvalue weighted by atomic mass is 15.5. The number of pyridine rings is 2. The summed E-state index contributed by atoms with van der Waals surface area (Å²) in [4.78, 5) is 12.2. The number of piperidine rings is 1. The van der Waals surface area contributed by atoms with Crippen molar-refractivity contribution >= 4 is 22.5 Å². The van der Waals surface area contributed by atoms with Crippen LogP contribution in [0.2, 0.25) is 0 Å². The molecule has 0 radical (unpaired) electrons. The molecule has 8 nitrogen and oxygen atoms in total. The first-order valence-corrected chi connectivity index (χ1v) is 11.5. The van der Waals surface area contributed by atoms with Crippen LogP contribution in [0, 0.1) is 18.3 Å². The molecule has 2 aromatic rings. The SMILES string of the molecule is Cc1cnc2cc(NC3CC(C)NN3)nc(NC3C[C@H]4CC[C@@H](C3)N4CCC#N)c2c1. The van der Waals surface area contributed by atoms with E-state index in [0.717, 1.165) is 53.9 Å². The molecule has 0 aromatic carbocycles. The van der Waals surface area contributed by atoms with Gasteiger partial charge in [-0.15, -0.1) is 0 Å². The molecule has 3 unspecified atom stereocenters. The molecule has 31 heavy (non-hydrogen) atoms. The topological polar surface area (TPSA) is 101 Å². The van der Waals surface area contributed by atoms with Gasteiger partial charge in [0.05, 0.1) is 17.8 Å². The number of hydrazine groups is 1. The average Bonchev–Trinajstić information content (AvgIpc) is 3.25. The highest BCUT2D eigenvalue weighted by Crippen LogP contribution is 2.37. The second kappa shape index (κ2) is 8.58. The molecule has 3 saturated heterocycles. The van der Waals surface area contributed by atoms with Crippen molar-refractivity contribution in [3.8, 4) is 6.07 Å². The summed E-state index contributed by atoms with van der Waals surface area (Å²) >= 11 is 0. The van der Waals surface area contributed by atoms with Gasteiger partial charge in [0.2, 0.25) is 0 Å². The number of nitrogens with zero attached hydrogens (tertiary/aromatic N) is 4. The predicted octanol–water partition coefficient (Wildman–Crippen LogP) is 2.88. The number of aromatic nitrogens is 2. The highest BCUT2D eigenvalue weighted by molar-refractivity contribution is 5.91. The molecule has 8 heteroatoms. The fourth-order valence-corrected chi connectivity index (χ4v) is 5.53. The van der Waals surface area contributed by atoms with Gasteiger partial charge < -0.3 is 10.6 Å². The number of hydrogen-bond acceptors (Lipinski definition) is 8. The first-order valence-electron chi connectivity index (χ1n) is 11.5. The van der Waals surface area contributed by atoms with Gasteiger partial charge in [0.15, 0.2) is 0 Å². The van der Waals surface area contributed by atoms with Crippen molar-refractivity contribution in [2.75, 3.05) is 17.2 Å². The molecule has 2 bridgehead atoms. The van der Waals surface area contributed by atoms with Gasteiger partial charge in [-0.2, -0.15) is 5.26 Å². The van der Waals surface area contributed by atoms with E-state index in [9.17, 15) is 0 Å². The van der Waals surface area contributed by atoms with E-state index in [4.69, 9.17) is 10.2 Å². The highest BCUT2D eigenvalue weighted by Gasteiger charge is 2.40. The predicted molar refractivity (Wildman–Crippen MR) is 122 cm³/mol. The first-order chi connectivity index (χ1) is 15.1. The smallest absolute Gasteiger partial charge is 0.138 e. The molecule has 4 N–H and O–H groups in total. The Bertz CT molecular complexity index is 971.